The number of carbonyl (C=O) groups is 1. The lowest BCUT2D eigenvalue weighted by molar-refractivity contribution is -0.128. The molecule has 0 aliphatic rings. The average Bonchev–Trinajstić information content (AvgIpc) is 2.74. The highest BCUT2D eigenvalue weighted by Crippen LogP contribution is 2.34. The molecule has 0 fully saturated rings. The van der Waals surface area contributed by atoms with Crippen LogP contribution in [0.5, 0.6) is 5.75 Å². The number of ether oxygens (including phenoxy) is 1. The molecule has 0 amide bonds. The second kappa shape index (κ2) is 7.76. The molecule has 1 aromatic heterocycles. The van der Waals surface area contributed by atoms with E-state index < -0.39 is 11.6 Å². The summed E-state index contributed by atoms with van der Waals surface area (Å²) >= 11 is 0. The molecular formula is C24H16O4. The van der Waals surface area contributed by atoms with Crippen LogP contribution in [0.25, 0.3) is 28.2 Å². The lowest BCUT2D eigenvalue weighted by Crippen LogP contribution is -2.11. The summed E-state index contributed by atoms with van der Waals surface area (Å²) in [5.41, 5.74) is 1.53. The fourth-order valence-electron chi connectivity index (χ4n) is 2.94. The van der Waals surface area contributed by atoms with Gasteiger partial charge in [-0.15, -0.1) is 0 Å². The third-order valence-electron chi connectivity index (χ3n) is 4.24. The molecule has 0 saturated heterocycles. The van der Waals surface area contributed by atoms with E-state index in [9.17, 15) is 9.59 Å². The number of hydrogen-bond acceptors (Lipinski definition) is 4. The number of hydrogen-bond donors (Lipinski definition) is 0. The van der Waals surface area contributed by atoms with Crippen molar-refractivity contribution in [1.82, 2.24) is 0 Å². The molecule has 0 radical (unpaired) electrons. The molecule has 4 rings (SSSR count). The second-order valence-corrected chi connectivity index (χ2v) is 6.12. The molecule has 28 heavy (non-hydrogen) atoms. The van der Waals surface area contributed by atoms with Crippen molar-refractivity contribution in [3.63, 3.8) is 0 Å². The summed E-state index contributed by atoms with van der Waals surface area (Å²) in [4.78, 5) is 25.1. The first-order valence-electron chi connectivity index (χ1n) is 8.78. The highest BCUT2D eigenvalue weighted by molar-refractivity contribution is 5.96. The Labute approximate surface area is 161 Å². The summed E-state index contributed by atoms with van der Waals surface area (Å²) in [6.07, 6.45) is 3.01. The van der Waals surface area contributed by atoms with Gasteiger partial charge >= 0.3 is 11.6 Å². The lowest BCUT2D eigenvalue weighted by atomic mass is 10.0. The molecule has 136 valence electrons. The van der Waals surface area contributed by atoms with Gasteiger partial charge in [-0.25, -0.2) is 9.59 Å². The quantitative estimate of drug-likeness (QED) is 0.286. The minimum Gasteiger partial charge on any atom is -0.422 e. The van der Waals surface area contributed by atoms with Gasteiger partial charge in [0.2, 0.25) is 0 Å². The van der Waals surface area contributed by atoms with E-state index in [1.165, 1.54) is 6.08 Å². The Hall–Kier alpha value is -3.92. The molecule has 0 spiro atoms. The van der Waals surface area contributed by atoms with E-state index in [1.807, 2.05) is 48.5 Å². The first kappa shape index (κ1) is 17.5. The third-order valence-corrected chi connectivity index (χ3v) is 4.24. The van der Waals surface area contributed by atoms with Crippen LogP contribution >= 0.6 is 0 Å². The molecule has 0 aliphatic heterocycles. The Morgan fingerprint density at radius 1 is 0.821 bits per heavy atom. The van der Waals surface area contributed by atoms with E-state index in [0.717, 1.165) is 5.56 Å². The Morgan fingerprint density at radius 2 is 1.46 bits per heavy atom. The Bertz CT molecular complexity index is 1210. The Morgan fingerprint density at radius 3 is 2.21 bits per heavy atom. The predicted octanol–water partition coefficient (Wildman–Crippen LogP) is 5.08. The van der Waals surface area contributed by atoms with Crippen molar-refractivity contribution in [3.05, 3.63) is 107 Å². The van der Waals surface area contributed by atoms with Gasteiger partial charge in [0.05, 0.1) is 5.39 Å². The van der Waals surface area contributed by atoms with Crippen LogP contribution in [-0.2, 0) is 4.79 Å². The van der Waals surface area contributed by atoms with Gasteiger partial charge in [-0.1, -0.05) is 72.8 Å². The van der Waals surface area contributed by atoms with E-state index in [-0.39, 0.29) is 11.3 Å². The van der Waals surface area contributed by atoms with Gasteiger partial charge in [0.1, 0.15) is 11.1 Å². The molecule has 0 unspecified atom stereocenters. The van der Waals surface area contributed by atoms with Crippen molar-refractivity contribution in [2.75, 3.05) is 0 Å². The molecule has 0 N–H and O–H groups in total. The van der Waals surface area contributed by atoms with Crippen molar-refractivity contribution in [2.24, 2.45) is 0 Å². The van der Waals surface area contributed by atoms with E-state index in [2.05, 4.69) is 0 Å². The molecule has 3 aromatic carbocycles. The zero-order valence-corrected chi connectivity index (χ0v) is 14.9. The van der Waals surface area contributed by atoms with E-state index in [4.69, 9.17) is 9.15 Å². The van der Waals surface area contributed by atoms with Crippen molar-refractivity contribution in [3.8, 4) is 16.9 Å². The number of rotatable bonds is 4. The number of fused-ring (bicyclic) bond motifs is 1. The van der Waals surface area contributed by atoms with Crippen LogP contribution in [0.3, 0.4) is 0 Å². The fourth-order valence-corrected chi connectivity index (χ4v) is 2.94. The lowest BCUT2D eigenvalue weighted by Gasteiger charge is -2.11. The Balaban J connectivity index is 1.79. The Kier molecular flexibility index (Phi) is 4.85. The predicted molar refractivity (Wildman–Crippen MR) is 109 cm³/mol. The maximum Gasteiger partial charge on any atom is 0.348 e. The van der Waals surface area contributed by atoms with Crippen LogP contribution < -0.4 is 10.4 Å². The number of esters is 1. The summed E-state index contributed by atoms with van der Waals surface area (Å²) in [5.74, 6) is -0.377. The average molecular weight is 368 g/mol. The zero-order valence-electron chi connectivity index (χ0n) is 14.9. The minimum atomic E-state index is -0.572. The van der Waals surface area contributed by atoms with Crippen molar-refractivity contribution < 1.29 is 13.9 Å². The van der Waals surface area contributed by atoms with Crippen molar-refractivity contribution in [2.45, 2.75) is 0 Å². The first-order valence-corrected chi connectivity index (χ1v) is 8.78. The molecule has 4 heteroatoms. The first-order chi connectivity index (χ1) is 13.7. The van der Waals surface area contributed by atoms with Gasteiger partial charge in [0.25, 0.3) is 0 Å². The van der Waals surface area contributed by atoms with E-state index >= 15 is 0 Å². The second-order valence-electron chi connectivity index (χ2n) is 6.12. The van der Waals surface area contributed by atoms with Crippen molar-refractivity contribution >= 4 is 23.0 Å². The van der Waals surface area contributed by atoms with Gasteiger partial charge in [-0.05, 0) is 29.3 Å². The SMILES string of the molecule is O=C(/C=C/c1ccccc1)Oc1c(-c2ccccc2)c(=O)oc2ccccc12. The van der Waals surface area contributed by atoms with Gasteiger partial charge in [-0.2, -0.15) is 0 Å². The molecule has 0 aliphatic carbocycles. The van der Waals surface area contributed by atoms with Crippen LogP contribution in [0.4, 0.5) is 0 Å². The van der Waals surface area contributed by atoms with E-state index in [1.54, 1.807) is 42.5 Å². The van der Waals surface area contributed by atoms with Crippen LogP contribution in [-0.4, -0.2) is 5.97 Å². The summed E-state index contributed by atoms with van der Waals surface area (Å²) < 4.78 is 11.1. The summed E-state index contributed by atoms with van der Waals surface area (Å²) in [5, 5.41) is 0.558. The van der Waals surface area contributed by atoms with E-state index in [0.29, 0.717) is 16.5 Å². The summed E-state index contributed by atoms with van der Waals surface area (Å²) in [6.45, 7) is 0. The van der Waals surface area contributed by atoms with Gasteiger partial charge in [0.15, 0.2) is 5.75 Å². The largest absolute Gasteiger partial charge is 0.422 e. The fraction of sp³-hybridized carbons (Fsp3) is 0. The topological polar surface area (TPSA) is 56.5 Å². The molecule has 4 nitrogen and oxygen atoms in total. The maximum absolute atomic E-state index is 12.6. The molecule has 1 heterocycles. The molecule has 0 bridgehead atoms. The van der Waals surface area contributed by atoms with Gasteiger partial charge in [-0.3, -0.25) is 0 Å². The maximum atomic E-state index is 12.6. The molecule has 4 aromatic rings. The molecule has 0 atom stereocenters. The number of para-hydroxylation sites is 1. The number of carbonyl (C=O) groups excluding carboxylic acids is 1. The van der Waals surface area contributed by atoms with Crippen LogP contribution in [0.2, 0.25) is 0 Å². The number of benzene rings is 3. The summed E-state index contributed by atoms with van der Waals surface area (Å²) in [7, 11) is 0. The normalized spacial score (nSPS) is 11.0. The van der Waals surface area contributed by atoms with Crippen LogP contribution in [0.15, 0.2) is 100 Å². The third kappa shape index (κ3) is 3.62. The van der Waals surface area contributed by atoms with Crippen molar-refractivity contribution in [1.29, 1.82) is 0 Å². The smallest absolute Gasteiger partial charge is 0.348 e. The highest BCUT2D eigenvalue weighted by Gasteiger charge is 2.19. The summed E-state index contributed by atoms with van der Waals surface area (Å²) in [6, 6.07) is 25.4. The zero-order chi connectivity index (χ0) is 19.3. The minimum absolute atomic E-state index is 0.195. The van der Waals surface area contributed by atoms with Crippen LogP contribution in [0.1, 0.15) is 5.56 Å². The monoisotopic (exact) mass is 368 g/mol. The standard InChI is InChI=1S/C24H16O4/c25-21(16-15-17-9-3-1-4-10-17)28-23-19-13-7-8-14-20(19)27-24(26)22(23)18-11-5-2-6-12-18/h1-16H/b16-15+. The molecule has 0 saturated carbocycles. The highest BCUT2D eigenvalue weighted by atomic mass is 16.5. The van der Waals surface area contributed by atoms with Gasteiger partial charge < -0.3 is 9.15 Å². The van der Waals surface area contributed by atoms with Gasteiger partial charge in [0, 0.05) is 6.08 Å². The van der Waals surface area contributed by atoms with Crippen LogP contribution in [0, 0.1) is 0 Å². The molecular weight excluding hydrogens is 352 g/mol.